The van der Waals surface area contributed by atoms with Crippen molar-refractivity contribution in [3.05, 3.63) is 124 Å². The van der Waals surface area contributed by atoms with Gasteiger partial charge in [-0.3, -0.25) is 9.59 Å². The summed E-state index contributed by atoms with van der Waals surface area (Å²) in [7, 11) is -2.47. The number of nitrogens with one attached hydrogen (secondary N) is 1. The first-order valence-electron chi connectivity index (χ1n) is 14.0. The summed E-state index contributed by atoms with van der Waals surface area (Å²) in [6, 6.07) is 23.1. The highest BCUT2D eigenvalue weighted by atomic mass is 32.2. The van der Waals surface area contributed by atoms with E-state index in [1.54, 1.807) is 43.3 Å². The number of Topliss-reactive ketones (excluding diaryl/α,β-unsaturated/α-hetero) is 1. The smallest absolute Gasteiger partial charge is 0.239 e. The van der Waals surface area contributed by atoms with E-state index in [-0.39, 0.29) is 18.1 Å². The van der Waals surface area contributed by atoms with E-state index in [0.717, 1.165) is 0 Å². The van der Waals surface area contributed by atoms with Crippen molar-refractivity contribution >= 4 is 33.1 Å². The molecule has 43 heavy (non-hydrogen) atoms. The monoisotopic (exact) mass is 620 g/mol. The van der Waals surface area contributed by atoms with Gasteiger partial charge in [0.15, 0.2) is 5.78 Å². The van der Waals surface area contributed by atoms with Crippen LogP contribution in [-0.4, -0.2) is 43.3 Å². The average Bonchev–Trinajstić information content (AvgIpc) is 3.68. The number of amides is 1. The molecule has 1 saturated heterocycles. The summed E-state index contributed by atoms with van der Waals surface area (Å²) in [6.45, 7) is 1.84. The van der Waals surface area contributed by atoms with Crippen molar-refractivity contribution in [3.8, 4) is 5.75 Å². The van der Waals surface area contributed by atoms with Crippen LogP contribution in [0.3, 0.4) is 0 Å². The lowest BCUT2D eigenvalue weighted by Crippen LogP contribution is -2.49. The van der Waals surface area contributed by atoms with Crippen molar-refractivity contribution in [2.24, 2.45) is 5.92 Å². The lowest BCUT2D eigenvalue weighted by atomic mass is 9.77. The first-order valence-corrected chi connectivity index (χ1v) is 16.5. The molecule has 2 heterocycles. The molecule has 4 unspecified atom stereocenters. The third kappa shape index (κ3) is 6.41. The fourth-order valence-corrected chi connectivity index (χ4v) is 8.68. The summed E-state index contributed by atoms with van der Waals surface area (Å²) >= 11 is 1.36. The molecule has 0 radical (unpaired) electrons. The third-order valence-corrected chi connectivity index (χ3v) is 10.7. The second kappa shape index (κ2) is 13.2. The minimum absolute atomic E-state index is 0.0690. The third-order valence-electron chi connectivity index (χ3n) is 7.74. The number of methoxy groups -OCH3 is 1. The van der Waals surface area contributed by atoms with Crippen LogP contribution in [0.25, 0.3) is 0 Å². The Morgan fingerprint density at radius 3 is 2.26 bits per heavy atom. The Bertz CT molecular complexity index is 1640. The highest BCUT2D eigenvalue weighted by Crippen LogP contribution is 2.53. The van der Waals surface area contributed by atoms with Crippen molar-refractivity contribution < 1.29 is 27.1 Å². The molecular formula is C33H33FN2O5S2. The van der Waals surface area contributed by atoms with Gasteiger partial charge in [-0.25, -0.2) is 12.8 Å². The van der Waals surface area contributed by atoms with Gasteiger partial charge in [0.25, 0.3) is 0 Å². The summed E-state index contributed by atoms with van der Waals surface area (Å²) in [5.74, 6) is -2.47. The Morgan fingerprint density at radius 1 is 0.953 bits per heavy atom. The van der Waals surface area contributed by atoms with E-state index >= 15 is 0 Å². The number of rotatable bonds is 11. The molecular weight excluding hydrogens is 588 g/mol. The van der Waals surface area contributed by atoms with E-state index in [1.807, 2.05) is 47.8 Å². The summed E-state index contributed by atoms with van der Waals surface area (Å²) < 4.78 is 48.3. The number of halogens is 1. The molecule has 224 valence electrons. The van der Waals surface area contributed by atoms with Crippen molar-refractivity contribution in [2.45, 2.75) is 37.9 Å². The summed E-state index contributed by atoms with van der Waals surface area (Å²) in [5.41, 5.74) is 1.74. The number of ether oxygens (including phenoxy) is 1. The minimum Gasteiger partial charge on any atom is -0.497 e. The van der Waals surface area contributed by atoms with Gasteiger partial charge in [-0.15, -0.1) is 11.3 Å². The van der Waals surface area contributed by atoms with E-state index in [2.05, 4.69) is 5.32 Å². The Kier molecular flexibility index (Phi) is 9.39. The number of ketones is 1. The minimum atomic E-state index is -4.01. The normalized spacial score (nSPS) is 20.5. The average molecular weight is 621 g/mol. The highest BCUT2D eigenvalue weighted by molar-refractivity contribution is 7.89. The van der Waals surface area contributed by atoms with Gasteiger partial charge in [-0.2, -0.15) is 4.31 Å². The number of thiophene rings is 1. The molecule has 3 aromatic carbocycles. The van der Waals surface area contributed by atoms with E-state index in [1.165, 1.54) is 34.9 Å². The van der Waals surface area contributed by atoms with Crippen LogP contribution in [0, 0.1) is 11.7 Å². The van der Waals surface area contributed by atoms with E-state index in [0.29, 0.717) is 33.7 Å². The highest BCUT2D eigenvalue weighted by Gasteiger charge is 2.59. The molecule has 4 aromatic rings. The molecule has 1 aliphatic heterocycles. The second-order valence-electron chi connectivity index (χ2n) is 10.5. The number of carbonyl (C=O) groups excluding carboxylic acids is 2. The Labute approximate surface area is 255 Å². The number of nitrogens with zero attached hydrogens (tertiary/aromatic N) is 1. The maximum atomic E-state index is 14.5. The van der Waals surface area contributed by atoms with Gasteiger partial charge in [0.1, 0.15) is 17.6 Å². The summed E-state index contributed by atoms with van der Waals surface area (Å²) in [4.78, 5) is 29.4. The van der Waals surface area contributed by atoms with Gasteiger partial charge >= 0.3 is 0 Å². The van der Waals surface area contributed by atoms with Crippen molar-refractivity contribution in [1.29, 1.82) is 0 Å². The quantitative estimate of drug-likeness (QED) is 0.209. The van der Waals surface area contributed by atoms with E-state index in [4.69, 9.17) is 4.74 Å². The summed E-state index contributed by atoms with van der Waals surface area (Å²) in [6.07, 6.45) is 0.340. The molecule has 1 N–H and O–H groups in total. The molecule has 1 aliphatic rings. The van der Waals surface area contributed by atoms with Crippen LogP contribution >= 0.6 is 11.3 Å². The Hall–Kier alpha value is -3.86. The predicted molar refractivity (Wildman–Crippen MR) is 165 cm³/mol. The zero-order valence-electron chi connectivity index (χ0n) is 23.9. The molecule has 0 saturated carbocycles. The molecule has 4 atom stereocenters. The first-order chi connectivity index (χ1) is 20.7. The van der Waals surface area contributed by atoms with E-state index in [9.17, 15) is 22.4 Å². The van der Waals surface area contributed by atoms with Crippen molar-refractivity contribution in [2.75, 3.05) is 12.9 Å². The maximum Gasteiger partial charge on any atom is 0.239 e. The zero-order valence-corrected chi connectivity index (χ0v) is 25.5. The molecule has 0 spiro atoms. The standard InChI is InChI=1S/C33H33FN2O5S2/c1-3-20-43(39,40)36-30(27-10-7-19-42-27)29(32(37)24-13-17-26(41-2)18-14-24)28(23-8-5-4-6-9-23)31(36)33(38)35-21-22-11-15-25(34)16-12-22/h4-19,28-31H,3,20-21H2,1-2H3,(H,35,38). The number of benzene rings is 3. The number of sulfonamides is 1. The van der Waals surface area contributed by atoms with Gasteiger partial charge < -0.3 is 10.1 Å². The zero-order chi connectivity index (χ0) is 30.6. The summed E-state index contributed by atoms with van der Waals surface area (Å²) in [5, 5.41) is 4.73. The largest absolute Gasteiger partial charge is 0.497 e. The molecule has 5 rings (SSSR count). The maximum absolute atomic E-state index is 14.5. The SMILES string of the molecule is CCCS(=O)(=O)N1C(C(=O)NCc2ccc(F)cc2)C(c2ccccc2)C(C(=O)c2ccc(OC)cc2)C1c1cccs1. The molecule has 1 fully saturated rings. The number of hydrogen-bond donors (Lipinski definition) is 1. The van der Waals surface area contributed by atoms with Gasteiger partial charge in [0.2, 0.25) is 15.9 Å². The van der Waals surface area contributed by atoms with Crippen LogP contribution in [-0.2, 0) is 21.4 Å². The molecule has 1 aromatic heterocycles. The van der Waals surface area contributed by atoms with E-state index < -0.39 is 45.7 Å². The molecule has 0 bridgehead atoms. The van der Waals surface area contributed by atoms with Crippen molar-refractivity contribution in [3.63, 3.8) is 0 Å². The Morgan fingerprint density at radius 2 is 1.65 bits per heavy atom. The second-order valence-corrected chi connectivity index (χ2v) is 13.4. The van der Waals surface area contributed by atoms with Crippen LogP contribution in [0.2, 0.25) is 0 Å². The lowest BCUT2D eigenvalue weighted by Gasteiger charge is -2.29. The first kappa shape index (κ1) is 30.6. The fraction of sp³-hybridized carbons (Fsp3) is 0.273. The van der Waals surface area contributed by atoms with Crippen LogP contribution in [0.1, 0.15) is 51.7 Å². The van der Waals surface area contributed by atoms with Crippen LogP contribution in [0.15, 0.2) is 96.4 Å². The van der Waals surface area contributed by atoms with Gasteiger partial charge in [0.05, 0.1) is 24.8 Å². The van der Waals surface area contributed by atoms with Gasteiger partial charge in [-0.1, -0.05) is 55.5 Å². The molecule has 7 nitrogen and oxygen atoms in total. The molecule has 0 aliphatic carbocycles. The van der Waals surface area contributed by atoms with Crippen LogP contribution in [0.5, 0.6) is 5.75 Å². The fourth-order valence-electron chi connectivity index (χ4n) is 5.85. The lowest BCUT2D eigenvalue weighted by molar-refractivity contribution is -0.125. The predicted octanol–water partition coefficient (Wildman–Crippen LogP) is 5.96. The number of hydrogen-bond acceptors (Lipinski definition) is 6. The molecule has 10 heteroatoms. The van der Waals surface area contributed by atoms with Crippen LogP contribution < -0.4 is 10.1 Å². The van der Waals surface area contributed by atoms with Crippen LogP contribution in [0.4, 0.5) is 4.39 Å². The Balaban J connectivity index is 1.68. The van der Waals surface area contributed by atoms with Gasteiger partial charge in [-0.05, 0) is 65.4 Å². The topological polar surface area (TPSA) is 92.8 Å². The van der Waals surface area contributed by atoms with Crippen molar-refractivity contribution in [1.82, 2.24) is 9.62 Å². The van der Waals surface area contributed by atoms with Gasteiger partial charge in [0, 0.05) is 22.9 Å². The number of carbonyl (C=O) groups is 2. The molecule has 1 amide bonds.